The molecule has 96 valence electrons. The lowest BCUT2D eigenvalue weighted by atomic mass is 10.2. The van der Waals surface area contributed by atoms with E-state index in [4.69, 9.17) is 10.5 Å². The van der Waals surface area contributed by atoms with Crippen molar-refractivity contribution in [2.75, 3.05) is 0 Å². The summed E-state index contributed by atoms with van der Waals surface area (Å²) in [7, 11) is 0. The number of hydrogen-bond acceptors (Lipinski definition) is 3. The molecule has 0 unspecified atom stereocenters. The van der Waals surface area contributed by atoms with Crippen LogP contribution in [-0.4, -0.2) is 9.78 Å². The SMILES string of the molecule is CCCn1cc(Oc2ccc(CN)cc2Br)cn1. The minimum Gasteiger partial charge on any atom is -0.453 e. The van der Waals surface area contributed by atoms with E-state index in [9.17, 15) is 0 Å². The van der Waals surface area contributed by atoms with Gasteiger partial charge in [-0.15, -0.1) is 0 Å². The third-order valence-electron chi connectivity index (χ3n) is 2.52. The highest BCUT2D eigenvalue weighted by molar-refractivity contribution is 9.10. The van der Waals surface area contributed by atoms with E-state index in [1.54, 1.807) is 6.20 Å². The molecule has 0 saturated heterocycles. The average Bonchev–Trinajstić information content (AvgIpc) is 2.80. The first-order chi connectivity index (χ1) is 8.72. The maximum absolute atomic E-state index is 5.76. The monoisotopic (exact) mass is 309 g/mol. The van der Waals surface area contributed by atoms with E-state index in [-0.39, 0.29) is 0 Å². The van der Waals surface area contributed by atoms with Crippen molar-refractivity contribution in [3.05, 3.63) is 40.6 Å². The van der Waals surface area contributed by atoms with Gasteiger partial charge in [0.25, 0.3) is 0 Å². The zero-order chi connectivity index (χ0) is 13.0. The van der Waals surface area contributed by atoms with Gasteiger partial charge in [-0.2, -0.15) is 5.10 Å². The number of halogens is 1. The third kappa shape index (κ3) is 3.11. The van der Waals surface area contributed by atoms with E-state index < -0.39 is 0 Å². The molecular weight excluding hydrogens is 294 g/mol. The zero-order valence-corrected chi connectivity index (χ0v) is 11.9. The Kier molecular flexibility index (Phi) is 4.38. The zero-order valence-electron chi connectivity index (χ0n) is 10.3. The van der Waals surface area contributed by atoms with Crippen LogP contribution in [0.1, 0.15) is 18.9 Å². The summed E-state index contributed by atoms with van der Waals surface area (Å²) in [5.41, 5.74) is 6.65. The van der Waals surface area contributed by atoms with Gasteiger partial charge in [-0.3, -0.25) is 4.68 Å². The summed E-state index contributed by atoms with van der Waals surface area (Å²) in [6, 6.07) is 5.83. The smallest absolute Gasteiger partial charge is 0.165 e. The fraction of sp³-hybridized carbons (Fsp3) is 0.308. The largest absolute Gasteiger partial charge is 0.453 e. The van der Waals surface area contributed by atoms with Crippen molar-refractivity contribution in [1.82, 2.24) is 9.78 Å². The van der Waals surface area contributed by atoms with Gasteiger partial charge < -0.3 is 10.5 Å². The lowest BCUT2D eigenvalue weighted by Gasteiger charge is -2.06. The minimum atomic E-state index is 0.521. The molecule has 2 aromatic rings. The van der Waals surface area contributed by atoms with Crippen molar-refractivity contribution in [1.29, 1.82) is 0 Å². The van der Waals surface area contributed by atoms with Gasteiger partial charge in [-0.1, -0.05) is 13.0 Å². The predicted molar refractivity (Wildman–Crippen MR) is 74.6 cm³/mol. The van der Waals surface area contributed by atoms with Crippen LogP contribution in [0.25, 0.3) is 0 Å². The normalized spacial score (nSPS) is 10.6. The molecule has 18 heavy (non-hydrogen) atoms. The molecule has 2 rings (SSSR count). The van der Waals surface area contributed by atoms with Crippen molar-refractivity contribution < 1.29 is 4.74 Å². The van der Waals surface area contributed by atoms with E-state index in [0.717, 1.165) is 34.5 Å². The van der Waals surface area contributed by atoms with Gasteiger partial charge in [0.1, 0.15) is 5.75 Å². The Morgan fingerprint density at radius 1 is 1.44 bits per heavy atom. The first-order valence-electron chi connectivity index (χ1n) is 5.91. The van der Waals surface area contributed by atoms with Crippen LogP contribution >= 0.6 is 15.9 Å². The standard InChI is InChI=1S/C13H16BrN3O/c1-2-5-17-9-11(8-16-17)18-13-4-3-10(7-15)6-12(13)14/h3-4,6,8-9H,2,5,7,15H2,1H3. The van der Waals surface area contributed by atoms with E-state index in [1.807, 2.05) is 29.1 Å². The van der Waals surface area contributed by atoms with Crippen molar-refractivity contribution in [2.24, 2.45) is 5.73 Å². The predicted octanol–water partition coefficient (Wildman–Crippen LogP) is 3.31. The van der Waals surface area contributed by atoms with E-state index in [2.05, 4.69) is 28.0 Å². The summed E-state index contributed by atoms with van der Waals surface area (Å²) < 4.78 is 8.53. The van der Waals surface area contributed by atoms with Crippen LogP contribution < -0.4 is 10.5 Å². The van der Waals surface area contributed by atoms with Crippen molar-refractivity contribution >= 4 is 15.9 Å². The molecule has 2 N–H and O–H groups in total. The second-order valence-electron chi connectivity index (χ2n) is 4.01. The Morgan fingerprint density at radius 2 is 2.28 bits per heavy atom. The lowest BCUT2D eigenvalue weighted by molar-refractivity contribution is 0.477. The minimum absolute atomic E-state index is 0.521. The summed E-state index contributed by atoms with van der Waals surface area (Å²) in [6.45, 7) is 3.54. The number of benzene rings is 1. The Bertz CT molecular complexity index is 525. The van der Waals surface area contributed by atoms with Crippen LogP contribution in [0.15, 0.2) is 35.1 Å². The summed E-state index contributed by atoms with van der Waals surface area (Å²) in [5, 5.41) is 4.22. The number of aryl methyl sites for hydroxylation is 1. The molecule has 1 heterocycles. The number of ether oxygens (including phenoxy) is 1. The molecule has 5 heteroatoms. The molecule has 1 aromatic heterocycles. The van der Waals surface area contributed by atoms with Gasteiger partial charge in [-0.25, -0.2) is 0 Å². The van der Waals surface area contributed by atoms with E-state index >= 15 is 0 Å². The first kappa shape index (κ1) is 13.1. The highest BCUT2D eigenvalue weighted by Gasteiger charge is 2.05. The van der Waals surface area contributed by atoms with Gasteiger partial charge in [0, 0.05) is 13.1 Å². The topological polar surface area (TPSA) is 53.1 Å². The number of rotatable bonds is 5. The van der Waals surface area contributed by atoms with Gasteiger partial charge in [0.05, 0.1) is 16.9 Å². The summed E-state index contributed by atoms with van der Waals surface area (Å²) >= 11 is 3.48. The molecular formula is C13H16BrN3O. The maximum atomic E-state index is 5.76. The third-order valence-corrected chi connectivity index (χ3v) is 3.14. The molecule has 0 spiro atoms. The van der Waals surface area contributed by atoms with Crippen LogP contribution in [0.5, 0.6) is 11.5 Å². The summed E-state index contributed by atoms with van der Waals surface area (Å²) in [6.07, 6.45) is 4.67. The van der Waals surface area contributed by atoms with Crippen LogP contribution in [0.4, 0.5) is 0 Å². The van der Waals surface area contributed by atoms with Crippen molar-refractivity contribution in [3.8, 4) is 11.5 Å². The number of nitrogens with two attached hydrogens (primary N) is 1. The highest BCUT2D eigenvalue weighted by atomic mass is 79.9. The molecule has 0 fully saturated rings. The molecule has 1 aromatic carbocycles. The Balaban J connectivity index is 2.12. The van der Waals surface area contributed by atoms with E-state index in [1.165, 1.54) is 0 Å². The van der Waals surface area contributed by atoms with Crippen molar-refractivity contribution in [2.45, 2.75) is 26.4 Å². The van der Waals surface area contributed by atoms with Gasteiger partial charge in [0.15, 0.2) is 5.75 Å². The number of aromatic nitrogens is 2. The second-order valence-corrected chi connectivity index (χ2v) is 4.86. The van der Waals surface area contributed by atoms with Gasteiger partial charge in [-0.05, 0) is 40.0 Å². The van der Waals surface area contributed by atoms with E-state index in [0.29, 0.717) is 6.54 Å². The van der Waals surface area contributed by atoms with Gasteiger partial charge >= 0.3 is 0 Å². The molecule has 0 aliphatic rings. The fourth-order valence-electron chi connectivity index (χ4n) is 1.63. The van der Waals surface area contributed by atoms with Crippen LogP contribution in [0.3, 0.4) is 0 Å². The second kappa shape index (κ2) is 6.02. The first-order valence-corrected chi connectivity index (χ1v) is 6.71. The summed E-state index contributed by atoms with van der Waals surface area (Å²) in [4.78, 5) is 0. The van der Waals surface area contributed by atoms with Crippen LogP contribution in [0.2, 0.25) is 0 Å². The van der Waals surface area contributed by atoms with Crippen molar-refractivity contribution in [3.63, 3.8) is 0 Å². The average molecular weight is 310 g/mol. The molecule has 0 aliphatic carbocycles. The number of nitrogens with zero attached hydrogens (tertiary/aromatic N) is 2. The summed E-state index contributed by atoms with van der Waals surface area (Å²) in [5.74, 6) is 1.51. The molecule has 0 atom stereocenters. The molecule has 0 amide bonds. The maximum Gasteiger partial charge on any atom is 0.165 e. The lowest BCUT2D eigenvalue weighted by Crippen LogP contribution is -1.96. The number of hydrogen-bond donors (Lipinski definition) is 1. The highest BCUT2D eigenvalue weighted by Crippen LogP contribution is 2.30. The Hall–Kier alpha value is -1.33. The molecule has 0 saturated carbocycles. The van der Waals surface area contributed by atoms with Crippen LogP contribution in [0, 0.1) is 0 Å². The molecule has 0 aliphatic heterocycles. The van der Waals surface area contributed by atoms with Crippen LogP contribution in [-0.2, 0) is 13.1 Å². The molecule has 0 bridgehead atoms. The quantitative estimate of drug-likeness (QED) is 0.922. The Labute approximate surface area is 115 Å². The molecule has 0 radical (unpaired) electrons. The molecule has 4 nitrogen and oxygen atoms in total. The Morgan fingerprint density at radius 3 is 2.94 bits per heavy atom. The fourth-order valence-corrected chi connectivity index (χ4v) is 2.14. The van der Waals surface area contributed by atoms with Gasteiger partial charge in [0.2, 0.25) is 0 Å².